The summed E-state index contributed by atoms with van der Waals surface area (Å²) in [6.07, 6.45) is 4.05. The van der Waals surface area contributed by atoms with Crippen LogP contribution in [0.5, 0.6) is 17.2 Å². The van der Waals surface area contributed by atoms with Gasteiger partial charge in [0, 0.05) is 24.7 Å². The molecule has 1 amide bonds. The van der Waals surface area contributed by atoms with Crippen LogP contribution in [0.2, 0.25) is 0 Å². The fourth-order valence-electron chi connectivity index (χ4n) is 4.01. The van der Waals surface area contributed by atoms with Gasteiger partial charge in [0.15, 0.2) is 0 Å². The van der Waals surface area contributed by atoms with Crippen LogP contribution in [0.1, 0.15) is 54.6 Å². The summed E-state index contributed by atoms with van der Waals surface area (Å²) in [5, 5.41) is 0. The van der Waals surface area contributed by atoms with Crippen LogP contribution in [-0.2, 0) is 10.0 Å². The molecule has 0 aliphatic carbocycles. The maximum atomic E-state index is 13.2. The van der Waals surface area contributed by atoms with Crippen molar-refractivity contribution in [2.75, 3.05) is 34.4 Å². The molecule has 1 aliphatic heterocycles. The minimum absolute atomic E-state index is 0.00446. The largest absolute Gasteiger partial charge is 0.497 e. The number of sulfonamides is 1. The minimum Gasteiger partial charge on any atom is -0.497 e. The molecule has 2 aromatic rings. The second-order valence-electron chi connectivity index (χ2n) is 8.02. The molecule has 9 heteroatoms. The molecule has 3 rings (SSSR count). The van der Waals surface area contributed by atoms with Gasteiger partial charge in [0.25, 0.3) is 5.91 Å². The molecule has 1 saturated heterocycles. The number of benzene rings is 2. The van der Waals surface area contributed by atoms with Crippen LogP contribution in [0.25, 0.3) is 0 Å². The lowest BCUT2D eigenvalue weighted by atomic mass is 10.1. The van der Waals surface area contributed by atoms with Crippen LogP contribution in [-0.4, -0.2) is 53.6 Å². The molecule has 180 valence electrons. The zero-order chi connectivity index (χ0) is 24.0. The van der Waals surface area contributed by atoms with Gasteiger partial charge in [-0.05, 0) is 56.2 Å². The van der Waals surface area contributed by atoms with Gasteiger partial charge in [0.2, 0.25) is 10.0 Å². The molecule has 0 aromatic heterocycles. The third-order valence-corrected chi connectivity index (χ3v) is 7.38. The highest BCUT2D eigenvalue weighted by atomic mass is 32.2. The van der Waals surface area contributed by atoms with Crippen molar-refractivity contribution in [1.82, 2.24) is 9.62 Å². The lowest BCUT2D eigenvalue weighted by Crippen LogP contribution is -2.32. The van der Waals surface area contributed by atoms with Crippen LogP contribution in [0.3, 0.4) is 0 Å². The van der Waals surface area contributed by atoms with Crippen LogP contribution in [0.4, 0.5) is 0 Å². The molecule has 1 fully saturated rings. The van der Waals surface area contributed by atoms with Crippen molar-refractivity contribution in [2.24, 2.45) is 0 Å². The third kappa shape index (κ3) is 5.78. The highest BCUT2D eigenvalue weighted by Crippen LogP contribution is 2.31. The highest BCUT2D eigenvalue weighted by molar-refractivity contribution is 7.89. The Hall–Kier alpha value is -2.78. The summed E-state index contributed by atoms with van der Waals surface area (Å²) in [6, 6.07) is 8.95. The standard InChI is InChI=1S/C24H32N2O6S/c1-17(20-15-18(30-2)9-11-22(20)31-3)25-33(28,29)19-10-12-23(32-4)21(16-19)24(27)26-13-7-5-6-8-14-26/h9-12,15-17,25H,5-8,13-14H2,1-4H3. The molecule has 0 radical (unpaired) electrons. The zero-order valence-electron chi connectivity index (χ0n) is 19.6. The second-order valence-corrected chi connectivity index (χ2v) is 9.73. The highest BCUT2D eigenvalue weighted by Gasteiger charge is 2.26. The van der Waals surface area contributed by atoms with Crippen LogP contribution in [0.15, 0.2) is 41.3 Å². The van der Waals surface area contributed by atoms with E-state index in [1.807, 2.05) is 0 Å². The molecule has 1 N–H and O–H groups in total. The zero-order valence-corrected chi connectivity index (χ0v) is 20.4. The normalized spacial score (nSPS) is 15.5. The van der Waals surface area contributed by atoms with E-state index in [0.29, 0.717) is 35.9 Å². The summed E-state index contributed by atoms with van der Waals surface area (Å²) >= 11 is 0. The van der Waals surface area contributed by atoms with Crippen molar-refractivity contribution in [3.8, 4) is 17.2 Å². The molecule has 0 bridgehead atoms. The number of rotatable bonds is 8. The number of carbonyl (C=O) groups excluding carboxylic acids is 1. The molecule has 1 aliphatic rings. The average molecular weight is 477 g/mol. The molecule has 1 unspecified atom stereocenters. The SMILES string of the molecule is COc1ccc(OC)c(C(C)NS(=O)(=O)c2ccc(OC)c(C(=O)N3CCCCCC3)c2)c1. The van der Waals surface area contributed by atoms with Crippen molar-refractivity contribution in [3.63, 3.8) is 0 Å². The van der Waals surface area contributed by atoms with Crippen LogP contribution >= 0.6 is 0 Å². The van der Waals surface area contributed by atoms with Gasteiger partial charge in [-0.3, -0.25) is 4.79 Å². The first-order chi connectivity index (χ1) is 15.8. The van der Waals surface area contributed by atoms with Gasteiger partial charge in [0.05, 0.1) is 31.8 Å². The number of ether oxygens (including phenoxy) is 3. The van der Waals surface area contributed by atoms with Crippen LogP contribution in [0, 0.1) is 0 Å². The Bertz CT molecular complexity index is 1080. The number of nitrogens with one attached hydrogen (secondary N) is 1. The Kier molecular flexibility index (Phi) is 8.20. The van der Waals surface area contributed by atoms with Gasteiger partial charge in [-0.1, -0.05) is 12.8 Å². The van der Waals surface area contributed by atoms with E-state index in [-0.39, 0.29) is 16.4 Å². The summed E-state index contributed by atoms with van der Waals surface area (Å²) < 4.78 is 45.2. The lowest BCUT2D eigenvalue weighted by molar-refractivity contribution is 0.0758. The number of carbonyl (C=O) groups is 1. The Morgan fingerprint density at radius 2 is 1.55 bits per heavy atom. The monoisotopic (exact) mass is 476 g/mol. The molecule has 1 atom stereocenters. The Balaban J connectivity index is 1.90. The van der Waals surface area contributed by atoms with Crippen molar-refractivity contribution in [2.45, 2.75) is 43.5 Å². The summed E-state index contributed by atoms with van der Waals surface area (Å²) in [5.41, 5.74) is 0.878. The fourth-order valence-corrected chi connectivity index (χ4v) is 5.26. The molecule has 2 aromatic carbocycles. The van der Waals surface area contributed by atoms with Crippen molar-refractivity contribution in [3.05, 3.63) is 47.5 Å². The fraction of sp³-hybridized carbons (Fsp3) is 0.458. The molecule has 8 nitrogen and oxygen atoms in total. The maximum Gasteiger partial charge on any atom is 0.257 e. The first-order valence-electron chi connectivity index (χ1n) is 11.0. The number of likely N-dealkylation sites (tertiary alicyclic amines) is 1. The van der Waals surface area contributed by atoms with E-state index in [9.17, 15) is 13.2 Å². The van der Waals surface area contributed by atoms with Crippen molar-refractivity contribution in [1.29, 1.82) is 0 Å². The van der Waals surface area contributed by atoms with Gasteiger partial charge < -0.3 is 19.1 Å². The molecule has 1 heterocycles. The molecular weight excluding hydrogens is 444 g/mol. The Morgan fingerprint density at radius 3 is 2.15 bits per heavy atom. The quantitative estimate of drug-likeness (QED) is 0.623. The summed E-state index contributed by atoms with van der Waals surface area (Å²) in [7, 11) is 0.593. The molecule has 0 saturated carbocycles. The maximum absolute atomic E-state index is 13.2. The number of hydrogen-bond acceptors (Lipinski definition) is 6. The topological polar surface area (TPSA) is 94.2 Å². The van der Waals surface area contributed by atoms with Crippen molar-refractivity contribution < 1.29 is 27.4 Å². The van der Waals surface area contributed by atoms with E-state index in [2.05, 4.69) is 4.72 Å². The molecule has 0 spiro atoms. The summed E-state index contributed by atoms with van der Waals surface area (Å²) in [4.78, 5) is 15.0. The average Bonchev–Trinajstić information content (AvgIpc) is 3.12. The predicted molar refractivity (Wildman–Crippen MR) is 126 cm³/mol. The summed E-state index contributed by atoms with van der Waals surface area (Å²) in [5.74, 6) is 1.27. The minimum atomic E-state index is -3.94. The van der Waals surface area contributed by atoms with Gasteiger partial charge in [-0.25, -0.2) is 13.1 Å². The molecule has 33 heavy (non-hydrogen) atoms. The van der Waals surface area contributed by atoms with Gasteiger partial charge in [-0.15, -0.1) is 0 Å². The lowest BCUT2D eigenvalue weighted by Gasteiger charge is -2.22. The van der Waals surface area contributed by atoms with Crippen LogP contribution < -0.4 is 18.9 Å². The summed E-state index contributed by atoms with van der Waals surface area (Å²) in [6.45, 7) is 3.04. The van der Waals surface area contributed by atoms with Gasteiger partial charge >= 0.3 is 0 Å². The number of methoxy groups -OCH3 is 3. The smallest absolute Gasteiger partial charge is 0.257 e. The number of nitrogens with zero attached hydrogens (tertiary/aromatic N) is 1. The Labute approximate surface area is 195 Å². The van der Waals surface area contributed by atoms with Gasteiger partial charge in [-0.2, -0.15) is 0 Å². The van der Waals surface area contributed by atoms with E-state index >= 15 is 0 Å². The predicted octanol–water partition coefficient (Wildman–Crippen LogP) is 3.77. The second kappa shape index (κ2) is 10.9. The number of hydrogen-bond donors (Lipinski definition) is 1. The van der Waals surface area contributed by atoms with Gasteiger partial charge in [0.1, 0.15) is 17.2 Å². The third-order valence-electron chi connectivity index (χ3n) is 5.84. The van der Waals surface area contributed by atoms with E-state index in [1.165, 1.54) is 32.4 Å². The van der Waals surface area contributed by atoms with E-state index in [1.54, 1.807) is 37.1 Å². The number of amides is 1. The Morgan fingerprint density at radius 1 is 0.909 bits per heavy atom. The molecular formula is C24H32N2O6S. The van der Waals surface area contributed by atoms with E-state index in [4.69, 9.17) is 14.2 Å². The van der Waals surface area contributed by atoms with E-state index in [0.717, 1.165) is 25.7 Å². The van der Waals surface area contributed by atoms with E-state index < -0.39 is 16.1 Å². The first-order valence-corrected chi connectivity index (χ1v) is 12.5. The first kappa shape index (κ1) is 24.9. The van der Waals surface area contributed by atoms with Crippen molar-refractivity contribution >= 4 is 15.9 Å².